The third kappa shape index (κ3) is 4.63. The maximum Gasteiger partial charge on any atom is 0.254 e. The predicted molar refractivity (Wildman–Crippen MR) is 130 cm³/mol. The average molecular weight is 437 g/mol. The Morgan fingerprint density at radius 3 is 2.81 bits per heavy atom. The molecule has 0 unspecified atom stereocenters. The largest absolute Gasteiger partial charge is 0.497 e. The molecule has 0 aliphatic carbocycles. The average Bonchev–Trinajstić information content (AvgIpc) is 3.18. The molecule has 0 bridgehead atoms. The third-order valence-electron chi connectivity index (χ3n) is 6.61. The zero-order valence-electron chi connectivity index (χ0n) is 19.0. The van der Waals surface area contributed by atoms with E-state index in [-0.39, 0.29) is 5.91 Å². The molecule has 2 aromatic carbocycles. The second-order valence-electron chi connectivity index (χ2n) is 8.61. The summed E-state index contributed by atoms with van der Waals surface area (Å²) in [7, 11) is 3.89. The van der Waals surface area contributed by atoms with Gasteiger partial charge in [-0.3, -0.25) is 4.79 Å². The van der Waals surface area contributed by atoms with E-state index in [4.69, 9.17) is 4.74 Å². The van der Waals surface area contributed by atoms with Crippen molar-refractivity contribution in [3.63, 3.8) is 0 Å². The molecule has 4 nitrogen and oxygen atoms in total. The molecular formula is C26H32N2O2S. The molecule has 0 fully saturated rings. The standard InChI is InChI=1S/C26H32N2O2S/c1-18-6-8-23-22(19(18)2)11-15-28(26(23)29)13-5-12-27(3)14-10-20-17-31-25-9-7-21(30-4)16-24(20)25/h6-9,16-17H,5,10-15H2,1-4H3. The summed E-state index contributed by atoms with van der Waals surface area (Å²) in [4.78, 5) is 17.3. The molecule has 3 aromatic rings. The molecule has 1 aromatic heterocycles. The van der Waals surface area contributed by atoms with Crippen LogP contribution in [0.5, 0.6) is 5.75 Å². The van der Waals surface area contributed by atoms with Gasteiger partial charge >= 0.3 is 0 Å². The van der Waals surface area contributed by atoms with Gasteiger partial charge in [0.25, 0.3) is 5.91 Å². The molecule has 31 heavy (non-hydrogen) atoms. The summed E-state index contributed by atoms with van der Waals surface area (Å²) >= 11 is 1.80. The van der Waals surface area contributed by atoms with E-state index in [0.717, 1.165) is 56.8 Å². The molecule has 0 atom stereocenters. The molecule has 1 aliphatic heterocycles. The van der Waals surface area contributed by atoms with Gasteiger partial charge in [-0.2, -0.15) is 0 Å². The number of ether oxygens (including phenoxy) is 1. The maximum atomic E-state index is 12.9. The van der Waals surface area contributed by atoms with Crippen molar-refractivity contribution in [1.82, 2.24) is 9.80 Å². The van der Waals surface area contributed by atoms with Crippen LogP contribution in [0.15, 0.2) is 35.7 Å². The van der Waals surface area contributed by atoms with Gasteiger partial charge in [-0.15, -0.1) is 11.3 Å². The number of hydrogen-bond donors (Lipinski definition) is 0. The topological polar surface area (TPSA) is 32.8 Å². The normalized spacial score (nSPS) is 13.8. The molecule has 0 radical (unpaired) electrons. The van der Waals surface area contributed by atoms with E-state index in [2.05, 4.69) is 49.4 Å². The second kappa shape index (κ2) is 9.41. The minimum Gasteiger partial charge on any atom is -0.497 e. The van der Waals surface area contributed by atoms with Crippen LogP contribution >= 0.6 is 11.3 Å². The first-order valence-corrected chi connectivity index (χ1v) is 12.0. The minimum atomic E-state index is 0.200. The third-order valence-corrected chi connectivity index (χ3v) is 7.62. The number of fused-ring (bicyclic) bond motifs is 2. The Labute approximate surface area is 189 Å². The lowest BCUT2D eigenvalue weighted by atomic mass is 9.91. The lowest BCUT2D eigenvalue weighted by Gasteiger charge is -2.30. The Morgan fingerprint density at radius 2 is 2.00 bits per heavy atom. The molecule has 5 heteroatoms. The SMILES string of the molecule is COc1ccc2scc(CCN(C)CCCN3CCc4c(ccc(C)c4C)C3=O)c2c1. The van der Waals surface area contributed by atoms with Crippen LogP contribution in [0.1, 0.15) is 39.0 Å². The van der Waals surface area contributed by atoms with Gasteiger partial charge < -0.3 is 14.5 Å². The van der Waals surface area contributed by atoms with Gasteiger partial charge in [0.1, 0.15) is 5.75 Å². The number of hydrogen-bond acceptors (Lipinski definition) is 4. The van der Waals surface area contributed by atoms with Gasteiger partial charge in [0.15, 0.2) is 0 Å². The lowest BCUT2D eigenvalue weighted by Crippen LogP contribution is -2.39. The number of rotatable bonds is 8. The van der Waals surface area contributed by atoms with Gasteiger partial charge in [-0.1, -0.05) is 6.07 Å². The van der Waals surface area contributed by atoms with Crippen molar-refractivity contribution >= 4 is 27.3 Å². The molecule has 0 N–H and O–H groups in total. The number of likely N-dealkylation sites (N-methyl/N-ethyl adjacent to an activating group) is 1. The van der Waals surface area contributed by atoms with Gasteiger partial charge in [0.2, 0.25) is 0 Å². The fourth-order valence-corrected chi connectivity index (χ4v) is 5.44. The molecular weight excluding hydrogens is 404 g/mol. The number of benzene rings is 2. The van der Waals surface area contributed by atoms with Crippen molar-refractivity contribution in [2.45, 2.75) is 33.1 Å². The van der Waals surface area contributed by atoms with Crippen molar-refractivity contribution in [1.29, 1.82) is 0 Å². The number of aryl methyl sites for hydroxylation is 1. The highest BCUT2D eigenvalue weighted by atomic mass is 32.1. The van der Waals surface area contributed by atoms with E-state index in [1.807, 2.05) is 17.0 Å². The molecule has 4 rings (SSSR count). The molecule has 1 aliphatic rings. The number of thiophene rings is 1. The monoisotopic (exact) mass is 436 g/mol. The fourth-order valence-electron chi connectivity index (χ4n) is 4.46. The smallest absolute Gasteiger partial charge is 0.254 e. The molecule has 0 spiro atoms. The lowest BCUT2D eigenvalue weighted by molar-refractivity contribution is 0.0733. The highest BCUT2D eigenvalue weighted by molar-refractivity contribution is 7.17. The predicted octanol–water partition coefficient (Wildman–Crippen LogP) is 5.09. The quantitative estimate of drug-likeness (QED) is 0.493. The van der Waals surface area contributed by atoms with Crippen LogP contribution in [0, 0.1) is 13.8 Å². The number of amides is 1. The van der Waals surface area contributed by atoms with Crippen LogP contribution in [0.2, 0.25) is 0 Å². The van der Waals surface area contributed by atoms with Crippen LogP contribution in [0.4, 0.5) is 0 Å². The van der Waals surface area contributed by atoms with Gasteiger partial charge in [-0.25, -0.2) is 0 Å². The van der Waals surface area contributed by atoms with Crippen molar-refractivity contribution in [2.24, 2.45) is 0 Å². The molecule has 0 saturated heterocycles. The Morgan fingerprint density at radius 1 is 1.16 bits per heavy atom. The summed E-state index contributed by atoms with van der Waals surface area (Å²) in [5, 5.41) is 3.58. The number of carbonyl (C=O) groups is 1. The van der Waals surface area contributed by atoms with Crippen molar-refractivity contribution in [2.75, 3.05) is 40.3 Å². The molecule has 2 heterocycles. The highest BCUT2D eigenvalue weighted by Gasteiger charge is 2.25. The fraction of sp³-hybridized carbons (Fsp3) is 0.423. The van der Waals surface area contributed by atoms with Crippen LogP contribution in [0.25, 0.3) is 10.1 Å². The number of carbonyl (C=O) groups excluding carboxylic acids is 1. The maximum absolute atomic E-state index is 12.9. The van der Waals surface area contributed by atoms with E-state index < -0.39 is 0 Å². The summed E-state index contributed by atoms with van der Waals surface area (Å²) in [6, 6.07) is 10.4. The van der Waals surface area contributed by atoms with Gasteiger partial charge in [0.05, 0.1) is 7.11 Å². The van der Waals surface area contributed by atoms with Crippen molar-refractivity contribution in [3.8, 4) is 5.75 Å². The molecule has 0 saturated carbocycles. The zero-order chi connectivity index (χ0) is 22.0. The van der Waals surface area contributed by atoms with Crippen LogP contribution in [-0.2, 0) is 12.8 Å². The Kier molecular flexibility index (Phi) is 6.63. The van der Waals surface area contributed by atoms with Gasteiger partial charge in [-0.05, 0) is 104 Å². The summed E-state index contributed by atoms with van der Waals surface area (Å²) in [6.45, 7) is 7.93. The Balaban J connectivity index is 1.28. The van der Waals surface area contributed by atoms with E-state index in [9.17, 15) is 4.79 Å². The zero-order valence-corrected chi connectivity index (χ0v) is 19.8. The van der Waals surface area contributed by atoms with E-state index >= 15 is 0 Å². The van der Waals surface area contributed by atoms with E-state index in [0.29, 0.717) is 0 Å². The summed E-state index contributed by atoms with van der Waals surface area (Å²) in [5.41, 5.74) is 6.10. The highest BCUT2D eigenvalue weighted by Crippen LogP contribution is 2.30. The summed E-state index contributed by atoms with van der Waals surface area (Å²) in [6.07, 6.45) is 3.00. The van der Waals surface area contributed by atoms with Crippen molar-refractivity contribution < 1.29 is 9.53 Å². The van der Waals surface area contributed by atoms with E-state index in [1.54, 1.807) is 18.4 Å². The first-order chi connectivity index (χ1) is 15.0. The van der Waals surface area contributed by atoms with Crippen LogP contribution in [-0.4, -0.2) is 56.0 Å². The van der Waals surface area contributed by atoms with E-state index in [1.165, 1.54) is 32.3 Å². The van der Waals surface area contributed by atoms with Crippen LogP contribution < -0.4 is 4.74 Å². The molecule has 164 valence electrons. The second-order valence-corrected chi connectivity index (χ2v) is 9.52. The van der Waals surface area contributed by atoms with Crippen molar-refractivity contribution in [3.05, 3.63) is 63.5 Å². The Hall–Kier alpha value is -2.37. The summed E-state index contributed by atoms with van der Waals surface area (Å²) < 4.78 is 6.70. The number of methoxy groups -OCH3 is 1. The first kappa shape index (κ1) is 21.8. The number of nitrogens with zero attached hydrogens (tertiary/aromatic N) is 2. The van der Waals surface area contributed by atoms with Gasteiger partial charge in [0, 0.05) is 29.9 Å². The first-order valence-electron chi connectivity index (χ1n) is 11.1. The minimum absolute atomic E-state index is 0.200. The summed E-state index contributed by atoms with van der Waals surface area (Å²) in [5.74, 6) is 1.12. The molecule has 1 amide bonds. The van der Waals surface area contributed by atoms with Crippen LogP contribution in [0.3, 0.4) is 0 Å². The Bertz CT molecular complexity index is 1090.